The van der Waals surface area contributed by atoms with Gasteiger partial charge in [-0.3, -0.25) is 0 Å². The van der Waals surface area contributed by atoms with Crippen LogP contribution < -0.4 is 4.74 Å². The average Bonchev–Trinajstić information content (AvgIpc) is 2.28. The second kappa shape index (κ2) is 5.52. The summed E-state index contributed by atoms with van der Waals surface area (Å²) in [4.78, 5) is 11.5. The first-order valence-electron chi connectivity index (χ1n) is 4.58. The lowest BCUT2D eigenvalue weighted by Crippen LogP contribution is -2.05. The maximum absolute atomic E-state index is 11.5. The van der Waals surface area contributed by atoms with E-state index in [0.717, 1.165) is 0 Å². The van der Waals surface area contributed by atoms with Crippen LogP contribution in [0.2, 0.25) is 0 Å². The molecule has 1 rings (SSSR count). The standard InChI is InChI=1S/C11H10BrNO3/c1-3-16-11(14)7-4-8(6-13)10(15-2)9(12)5-7/h4-5H,3H2,1-2H3. The molecule has 84 valence electrons. The summed E-state index contributed by atoms with van der Waals surface area (Å²) in [7, 11) is 1.46. The van der Waals surface area contributed by atoms with E-state index >= 15 is 0 Å². The highest BCUT2D eigenvalue weighted by Crippen LogP contribution is 2.30. The van der Waals surface area contributed by atoms with Crippen molar-refractivity contribution in [3.8, 4) is 11.8 Å². The number of halogens is 1. The Hall–Kier alpha value is -1.54. The van der Waals surface area contributed by atoms with Crippen molar-refractivity contribution in [1.82, 2.24) is 0 Å². The van der Waals surface area contributed by atoms with Gasteiger partial charge in [-0.2, -0.15) is 5.26 Å². The fourth-order valence-electron chi connectivity index (χ4n) is 1.22. The lowest BCUT2D eigenvalue weighted by Gasteiger charge is -2.08. The Morgan fingerprint density at radius 2 is 2.25 bits per heavy atom. The normalized spacial score (nSPS) is 9.38. The lowest BCUT2D eigenvalue weighted by molar-refractivity contribution is 0.0526. The molecular weight excluding hydrogens is 274 g/mol. The van der Waals surface area contributed by atoms with E-state index in [1.54, 1.807) is 13.0 Å². The molecule has 0 radical (unpaired) electrons. The summed E-state index contributed by atoms with van der Waals surface area (Å²) >= 11 is 3.23. The first-order valence-corrected chi connectivity index (χ1v) is 5.38. The first-order chi connectivity index (χ1) is 7.63. The fraction of sp³-hybridized carbons (Fsp3) is 0.273. The topological polar surface area (TPSA) is 59.3 Å². The molecule has 4 nitrogen and oxygen atoms in total. The molecule has 0 aromatic heterocycles. The monoisotopic (exact) mass is 283 g/mol. The van der Waals surface area contributed by atoms with E-state index in [1.165, 1.54) is 13.2 Å². The van der Waals surface area contributed by atoms with Crippen LogP contribution in [0.4, 0.5) is 0 Å². The van der Waals surface area contributed by atoms with Gasteiger partial charge in [0.05, 0.1) is 29.3 Å². The molecule has 0 unspecified atom stereocenters. The summed E-state index contributed by atoms with van der Waals surface area (Å²) in [5.41, 5.74) is 0.617. The molecule has 1 aromatic carbocycles. The number of ether oxygens (including phenoxy) is 2. The van der Waals surface area contributed by atoms with Crippen LogP contribution >= 0.6 is 15.9 Å². The molecular formula is C11H10BrNO3. The van der Waals surface area contributed by atoms with Crippen LogP contribution in [0.25, 0.3) is 0 Å². The fourth-order valence-corrected chi connectivity index (χ4v) is 1.84. The molecule has 0 fully saturated rings. The molecule has 0 amide bonds. The molecule has 0 aliphatic carbocycles. The van der Waals surface area contributed by atoms with E-state index in [2.05, 4.69) is 15.9 Å². The van der Waals surface area contributed by atoms with Crippen molar-refractivity contribution in [3.63, 3.8) is 0 Å². The van der Waals surface area contributed by atoms with Crippen molar-refractivity contribution < 1.29 is 14.3 Å². The summed E-state index contributed by atoms with van der Waals surface area (Å²) < 4.78 is 10.4. The molecule has 0 atom stereocenters. The number of benzene rings is 1. The summed E-state index contributed by atoms with van der Waals surface area (Å²) in [6.07, 6.45) is 0. The summed E-state index contributed by atoms with van der Waals surface area (Å²) in [6, 6.07) is 4.98. The number of hydrogen-bond donors (Lipinski definition) is 0. The highest BCUT2D eigenvalue weighted by Gasteiger charge is 2.14. The van der Waals surface area contributed by atoms with Gasteiger partial charge in [0.1, 0.15) is 6.07 Å². The van der Waals surface area contributed by atoms with Gasteiger partial charge in [-0.05, 0) is 35.0 Å². The van der Waals surface area contributed by atoms with Crippen molar-refractivity contribution in [1.29, 1.82) is 5.26 Å². The molecule has 0 saturated carbocycles. The molecule has 0 spiro atoms. The van der Waals surface area contributed by atoms with Gasteiger partial charge >= 0.3 is 5.97 Å². The van der Waals surface area contributed by atoms with Gasteiger partial charge < -0.3 is 9.47 Å². The highest BCUT2D eigenvalue weighted by atomic mass is 79.9. The molecule has 0 bridgehead atoms. The van der Waals surface area contributed by atoms with E-state index in [4.69, 9.17) is 14.7 Å². The zero-order chi connectivity index (χ0) is 12.1. The van der Waals surface area contributed by atoms with Crippen LogP contribution in [0.3, 0.4) is 0 Å². The number of methoxy groups -OCH3 is 1. The van der Waals surface area contributed by atoms with Crippen molar-refractivity contribution >= 4 is 21.9 Å². The lowest BCUT2D eigenvalue weighted by atomic mass is 10.1. The Morgan fingerprint density at radius 1 is 1.56 bits per heavy atom. The summed E-state index contributed by atoms with van der Waals surface area (Å²) in [5.74, 6) is -0.0436. The number of nitrogens with zero attached hydrogens (tertiary/aromatic N) is 1. The minimum Gasteiger partial charge on any atom is -0.494 e. The van der Waals surface area contributed by atoms with E-state index in [9.17, 15) is 4.79 Å². The van der Waals surface area contributed by atoms with Crippen LogP contribution in [0, 0.1) is 11.3 Å². The Kier molecular flexibility index (Phi) is 4.32. The van der Waals surface area contributed by atoms with Gasteiger partial charge in [0.15, 0.2) is 5.75 Å². The van der Waals surface area contributed by atoms with Crippen LogP contribution in [0.1, 0.15) is 22.8 Å². The predicted octanol–water partition coefficient (Wildman–Crippen LogP) is 2.51. The van der Waals surface area contributed by atoms with Crippen molar-refractivity contribution in [2.45, 2.75) is 6.92 Å². The molecule has 0 N–H and O–H groups in total. The van der Waals surface area contributed by atoms with Crippen LogP contribution in [0.15, 0.2) is 16.6 Å². The molecule has 0 aliphatic heterocycles. The number of esters is 1. The zero-order valence-corrected chi connectivity index (χ0v) is 10.5. The molecule has 0 saturated heterocycles. The Balaban J connectivity index is 3.21. The zero-order valence-electron chi connectivity index (χ0n) is 8.91. The van der Waals surface area contributed by atoms with Crippen molar-refractivity contribution in [3.05, 3.63) is 27.7 Å². The SMILES string of the molecule is CCOC(=O)c1cc(Br)c(OC)c(C#N)c1. The third-order valence-electron chi connectivity index (χ3n) is 1.88. The molecule has 16 heavy (non-hydrogen) atoms. The Labute approximate surface area is 102 Å². The number of nitriles is 1. The van der Waals surface area contributed by atoms with Gasteiger partial charge in [-0.15, -0.1) is 0 Å². The quantitative estimate of drug-likeness (QED) is 0.800. The third-order valence-corrected chi connectivity index (χ3v) is 2.47. The second-order valence-corrected chi connectivity index (χ2v) is 3.73. The Morgan fingerprint density at radius 3 is 2.75 bits per heavy atom. The second-order valence-electron chi connectivity index (χ2n) is 2.87. The smallest absolute Gasteiger partial charge is 0.338 e. The van der Waals surface area contributed by atoms with Crippen molar-refractivity contribution in [2.75, 3.05) is 13.7 Å². The van der Waals surface area contributed by atoms with E-state index in [1.807, 2.05) is 6.07 Å². The minimum absolute atomic E-state index is 0.292. The van der Waals surface area contributed by atoms with Crippen LogP contribution in [0.5, 0.6) is 5.75 Å². The summed E-state index contributed by atoms with van der Waals surface area (Å²) in [5, 5.41) is 8.91. The summed E-state index contributed by atoms with van der Waals surface area (Å²) in [6.45, 7) is 2.02. The molecule has 5 heteroatoms. The van der Waals surface area contributed by atoms with Crippen LogP contribution in [-0.2, 0) is 4.74 Å². The number of carbonyl (C=O) groups is 1. The van der Waals surface area contributed by atoms with Gasteiger partial charge in [0, 0.05) is 0 Å². The number of hydrogen-bond acceptors (Lipinski definition) is 4. The first kappa shape index (κ1) is 12.5. The molecule has 0 aliphatic rings. The minimum atomic E-state index is -0.456. The van der Waals surface area contributed by atoms with Gasteiger partial charge in [0.25, 0.3) is 0 Å². The molecule has 0 heterocycles. The number of carbonyl (C=O) groups excluding carboxylic acids is 1. The largest absolute Gasteiger partial charge is 0.494 e. The van der Waals surface area contributed by atoms with Gasteiger partial charge in [-0.1, -0.05) is 0 Å². The van der Waals surface area contributed by atoms with E-state index < -0.39 is 5.97 Å². The maximum Gasteiger partial charge on any atom is 0.338 e. The predicted molar refractivity (Wildman–Crippen MR) is 61.4 cm³/mol. The number of rotatable bonds is 3. The van der Waals surface area contributed by atoms with Crippen LogP contribution in [-0.4, -0.2) is 19.7 Å². The molecule has 1 aromatic rings. The highest BCUT2D eigenvalue weighted by molar-refractivity contribution is 9.10. The average molecular weight is 284 g/mol. The Bertz CT molecular complexity index is 451. The third kappa shape index (κ3) is 2.52. The van der Waals surface area contributed by atoms with Crippen molar-refractivity contribution in [2.24, 2.45) is 0 Å². The van der Waals surface area contributed by atoms with E-state index in [0.29, 0.717) is 28.0 Å². The van der Waals surface area contributed by atoms with Gasteiger partial charge in [0.2, 0.25) is 0 Å². The van der Waals surface area contributed by atoms with E-state index in [-0.39, 0.29) is 0 Å². The van der Waals surface area contributed by atoms with Gasteiger partial charge in [-0.25, -0.2) is 4.79 Å². The maximum atomic E-state index is 11.5.